The van der Waals surface area contributed by atoms with Crippen LogP contribution >= 0.6 is 11.6 Å². The van der Waals surface area contributed by atoms with E-state index in [2.05, 4.69) is 37.8 Å². The third kappa shape index (κ3) is 6.94. The molecule has 13 nitrogen and oxygen atoms in total. The summed E-state index contributed by atoms with van der Waals surface area (Å²) in [6.07, 6.45) is 5.16. The van der Waals surface area contributed by atoms with Crippen molar-refractivity contribution in [3.8, 4) is 22.5 Å². The summed E-state index contributed by atoms with van der Waals surface area (Å²) in [5.74, 6) is 0.477. The van der Waals surface area contributed by atoms with Crippen LogP contribution in [0.15, 0.2) is 53.8 Å². The number of esters is 1. The highest BCUT2D eigenvalue weighted by molar-refractivity contribution is 6.32. The fraction of sp³-hybridized carbons (Fsp3) is 0.414. The second kappa shape index (κ2) is 14.1. The van der Waals surface area contributed by atoms with Gasteiger partial charge in [0.15, 0.2) is 10.8 Å². The van der Waals surface area contributed by atoms with E-state index in [1.54, 1.807) is 9.58 Å². The molecule has 0 amide bonds. The molecule has 3 heterocycles. The molecule has 1 saturated heterocycles. The van der Waals surface area contributed by atoms with Gasteiger partial charge in [-0.1, -0.05) is 80.4 Å². The number of nitrogens with one attached hydrogen (secondary N) is 1. The average Bonchev–Trinajstić information content (AvgIpc) is 3.79. The largest absolute Gasteiger partial charge is 0.569 e. The molecule has 2 aromatic heterocycles. The van der Waals surface area contributed by atoms with Crippen LogP contribution in [0.4, 0.5) is 0 Å². The molecule has 0 saturated carbocycles. The second-order valence-electron chi connectivity index (χ2n) is 10.2. The lowest BCUT2D eigenvalue weighted by molar-refractivity contribution is -0.715. The molecule has 2 aromatic carbocycles. The van der Waals surface area contributed by atoms with Crippen molar-refractivity contribution in [2.24, 2.45) is 5.28 Å². The number of H-pyrrole nitrogens is 1. The van der Waals surface area contributed by atoms with Crippen molar-refractivity contribution in [2.75, 3.05) is 13.3 Å². The number of aryl methyl sites for hydroxylation is 1. The zero-order valence-electron chi connectivity index (χ0n) is 24.1. The smallest absolute Gasteiger partial charge is 0.361 e. The van der Waals surface area contributed by atoms with Crippen molar-refractivity contribution in [1.29, 1.82) is 0 Å². The quantitative estimate of drug-likeness (QED) is 0.0513. The van der Waals surface area contributed by atoms with Gasteiger partial charge in [0.05, 0.1) is 17.6 Å². The average molecular weight is 608 g/mol. The maximum Gasteiger partial charge on any atom is 0.361 e. The molecule has 1 aliphatic rings. The molecule has 0 aliphatic carbocycles. The number of ether oxygens (including phenoxy) is 1. The molecule has 1 aliphatic heterocycles. The van der Waals surface area contributed by atoms with E-state index in [0.717, 1.165) is 54.4 Å². The third-order valence-electron chi connectivity index (χ3n) is 7.48. The normalized spacial score (nSPS) is 15.2. The summed E-state index contributed by atoms with van der Waals surface area (Å²) in [5, 5.41) is 31.9. The monoisotopic (exact) mass is 607 g/mol. The maximum absolute atomic E-state index is 13.1. The number of benzene rings is 2. The molecule has 14 heteroatoms. The third-order valence-corrected chi connectivity index (χ3v) is 7.74. The first-order chi connectivity index (χ1) is 21.0. The lowest BCUT2D eigenvalue weighted by Gasteiger charge is -2.18. The van der Waals surface area contributed by atoms with E-state index < -0.39 is 12.8 Å². The van der Waals surface area contributed by atoms with Gasteiger partial charge in [-0.2, -0.15) is 5.21 Å². The van der Waals surface area contributed by atoms with E-state index in [0.29, 0.717) is 36.1 Å². The molecule has 1 atom stereocenters. The van der Waals surface area contributed by atoms with Crippen LogP contribution in [0.3, 0.4) is 0 Å². The van der Waals surface area contributed by atoms with Crippen LogP contribution in [0.5, 0.6) is 0 Å². The van der Waals surface area contributed by atoms with Crippen LogP contribution < -0.4 is 0 Å². The Morgan fingerprint density at radius 1 is 1.19 bits per heavy atom. The minimum atomic E-state index is -0.717. The Morgan fingerprint density at radius 3 is 2.70 bits per heavy atom. The molecule has 43 heavy (non-hydrogen) atoms. The summed E-state index contributed by atoms with van der Waals surface area (Å²) in [5.41, 5.74) is 3.85. The zero-order valence-corrected chi connectivity index (χ0v) is 24.9. The number of tetrazole rings is 1. The number of hydrazine groups is 1. The molecule has 5 rings (SSSR count). The summed E-state index contributed by atoms with van der Waals surface area (Å²) in [6, 6.07) is 15.9. The number of hydrogen-bond donors (Lipinski definition) is 1. The summed E-state index contributed by atoms with van der Waals surface area (Å²) in [7, 11) is 0. The van der Waals surface area contributed by atoms with Crippen molar-refractivity contribution in [3.63, 3.8) is 0 Å². The Bertz CT molecular complexity index is 1540. The second-order valence-corrected chi connectivity index (χ2v) is 10.6. The number of carbonyl (C=O) groups is 1. The Hall–Kier alpha value is -4.52. The Labute approximate surface area is 254 Å². The standard InChI is InChI=1S/C29H34ClN9O4/c1-3-5-12-25-31-27(30)26(29(40)42-19-43-36-39(41)38-17-8-9-22(38)4-2)37(25)18-20-13-15-21(16-14-20)23-10-6-7-11-24(23)28-32-34-35-33-28/h6-7,10-11,13-16,22H,3-5,8-9,12,17-19H2,1-2H3,(H,32,33,34,35)/b39-36-/t22-/m1/s1. The van der Waals surface area contributed by atoms with Crippen LogP contribution in [0.1, 0.15) is 67.8 Å². The number of aromatic amines is 1. The number of hydrogen-bond acceptors (Lipinski definition) is 9. The van der Waals surface area contributed by atoms with Crippen molar-refractivity contribution >= 4 is 17.6 Å². The molecule has 0 radical (unpaired) electrons. The highest BCUT2D eigenvalue weighted by Crippen LogP contribution is 2.30. The van der Waals surface area contributed by atoms with Crippen LogP contribution in [-0.4, -0.2) is 65.5 Å². The first-order valence-corrected chi connectivity index (χ1v) is 14.8. The molecule has 1 N–H and O–H groups in total. The number of imidazole rings is 1. The molecule has 4 aromatic rings. The zero-order chi connectivity index (χ0) is 30.2. The number of carbonyl (C=O) groups excluding carboxylic acids is 1. The van der Waals surface area contributed by atoms with E-state index in [4.69, 9.17) is 21.2 Å². The predicted octanol–water partition coefficient (Wildman–Crippen LogP) is 5.57. The molecule has 226 valence electrons. The SMILES string of the molecule is CCCCc1nc(Cl)c(C(=O)OCO/N=[N+](\[O-])N2CCC[C@H]2CC)n1Cc1ccc(-c2ccccc2-c2nn[nH]n2)cc1. The van der Waals surface area contributed by atoms with Gasteiger partial charge in [-0.05, 0) is 47.6 Å². The molecule has 0 unspecified atom stereocenters. The molecular weight excluding hydrogens is 574 g/mol. The minimum Gasteiger partial charge on any atom is -0.569 e. The van der Waals surface area contributed by atoms with Crippen LogP contribution in [0.2, 0.25) is 5.15 Å². The van der Waals surface area contributed by atoms with Gasteiger partial charge in [0.25, 0.3) is 6.79 Å². The lowest BCUT2D eigenvalue weighted by atomic mass is 9.98. The van der Waals surface area contributed by atoms with Crippen LogP contribution in [0, 0.1) is 5.21 Å². The number of aromatic nitrogens is 6. The van der Waals surface area contributed by atoms with Gasteiger partial charge in [0.1, 0.15) is 5.82 Å². The van der Waals surface area contributed by atoms with Crippen LogP contribution in [-0.2, 0) is 22.5 Å². The Morgan fingerprint density at radius 2 is 1.98 bits per heavy atom. The fourth-order valence-electron chi connectivity index (χ4n) is 5.26. The van der Waals surface area contributed by atoms with Gasteiger partial charge in [-0.15, -0.1) is 15.2 Å². The van der Waals surface area contributed by atoms with E-state index in [1.165, 1.54) is 0 Å². The highest BCUT2D eigenvalue weighted by Gasteiger charge is 2.30. The van der Waals surface area contributed by atoms with Crippen molar-refractivity contribution in [3.05, 3.63) is 76.0 Å². The van der Waals surface area contributed by atoms with Crippen molar-refractivity contribution in [2.45, 2.75) is 65.0 Å². The minimum absolute atomic E-state index is 0.0482. The number of nitrogens with zero attached hydrogens (tertiary/aromatic N) is 8. The van der Waals surface area contributed by atoms with Gasteiger partial charge in [-0.25, -0.2) is 9.78 Å². The van der Waals surface area contributed by atoms with Gasteiger partial charge in [0.2, 0.25) is 11.1 Å². The van der Waals surface area contributed by atoms with Crippen molar-refractivity contribution in [1.82, 2.24) is 35.2 Å². The van der Waals surface area contributed by atoms with E-state index in [-0.39, 0.29) is 16.9 Å². The topological polar surface area (TPSA) is 149 Å². The van der Waals surface area contributed by atoms with Gasteiger partial charge < -0.3 is 19.3 Å². The van der Waals surface area contributed by atoms with Gasteiger partial charge >= 0.3 is 5.97 Å². The van der Waals surface area contributed by atoms with Gasteiger partial charge in [0, 0.05) is 18.5 Å². The summed E-state index contributed by atoms with van der Waals surface area (Å²) in [4.78, 5) is 23.1. The van der Waals surface area contributed by atoms with E-state index in [1.807, 2.05) is 55.5 Å². The van der Waals surface area contributed by atoms with Gasteiger partial charge in [-0.3, -0.25) is 0 Å². The first kappa shape index (κ1) is 30.0. The number of halogens is 1. The highest BCUT2D eigenvalue weighted by atomic mass is 35.5. The summed E-state index contributed by atoms with van der Waals surface area (Å²) < 4.78 is 7.07. The Kier molecular flexibility index (Phi) is 9.82. The first-order valence-electron chi connectivity index (χ1n) is 14.4. The summed E-state index contributed by atoms with van der Waals surface area (Å²) >= 11 is 6.46. The molecule has 0 bridgehead atoms. The number of unbranched alkanes of at least 4 members (excludes halogenated alkanes) is 1. The molecular formula is C29H34ClN9O4. The fourth-order valence-corrected chi connectivity index (χ4v) is 5.54. The predicted molar refractivity (Wildman–Crippen MR) is 157 cm³/mol. The van der Waals surface area contributed by atoms with Crippen LogP contribution in [0.25, 0.3) is 22.5 Å². The Balaban J connectivity index is 1.31. The summed E-state index contributed by atoms with van der Waals surface area (Å²) in [6.45, 7) is 4.52. The lowest BCUT2D eigenvalue weighted by Crippen LogP contribution is -2.35. The number of rotatable bonds is 13. The van der Waals surface area contributed by atoms with E-state index >= 15 is 0 Å². The van der Waals surface area contributed by atoms with Crippen molar-refractivity contribution < 1.29 is 19.3 Å². The molecule has 1 fully saturated rings. The maximum atomic E-state index is 13.1. The van der Waals surface area contributed by atoms with E-state index in [9.17, 15) is 10.0 Å². The molecule has 0 spiro atoms.